The van der Waals surface area contributed by atoms with Crippen LogP contribution < -0.4 is 5.32 Å². The highest BCUT2D eigenvalue weighted by Crippen LogP contribution is 1.98. The van der Waals surface area contributed by atoms with E-state index in [1.807, 2.05) is 6.07 Å². The van der Waals surface area contributed by atoms with Crippen molar-refractivity contribution in [2.45, 2.75) is 20.4 Å². The van der Waals surface area contributed by atoms with Crippen LogP contribution in [-0.2, 0) is 6.54 Å². The quantitative estimate of drug-likeness (QED) is 0.716. The highest BCUT2D eigenvalue weighted by atomic mass is 16.3. The molecule has 0 saturated carbocycles. The van der Waals surface area contributed by atoms with Gasteiger partial charge in [-0.2, -0.15) is 0 Å². The van der Waals surface area contributed by atoms with Crippen LogP contribution in [0.5, 0.6) is 0 Å². The van der Waals surface area contributed by atoms with E-state index in [4.69, 9.17) is 4.42 Å². The van der Waals surface area contributed by atoms with Gasteiger partial charge in [0.25, 0.3) is 0 Å². The van der Waals surface area contributed by atoms with Crippen molar-refractivity contribution >= 4 is 0 Å². The molecule has 0 amide bonds. The van der Waals surface area contributed by atoms with Crippen molar-refractivity contribution in [1.29, 1.82) is 0 Å². The maximum Gasteiger partial charge on any atom is 0.0947 e. The van der Waals surface area contributed by atoms with Gasteiger partial charge in [-0.3, -0.25) is 0 Å². The lowest BCUT2D eigenvalue weighted by molar-refractivity contribution is 0.539. The molecule has 0 fully saturated rings. The molecule has 1 rings (SSSR count). The molecule has 2 heteroatoms. The summed E-state index contributed by atoms with van der Waals surface area (Å²) in [5.41, 5.74) is 1.21. The third kappa shape index (κ3) is 3.23. The number of hydrogen-bond acceptors (Lipinski definition) is 2. The molecule has 0 bridgehead atoms. The molecule has 2 nitrogen and oxygen atoms in total. The first kappa shape index (κ1) is 8.34. The van der Waals surface area contributed by atoms with E-state index in [9.17, 15) is 0 Å². The largest absolute Gasteiger partial charge is 0.472 e. The van der Waals surface area contributed by atoms with Gasteiger partial charge in [-0.1, -0.05) is 13.8 Å². The second-order valence-corrected chi connectivity index (χ2v) is 3.16. The highest BCUT2D eigenvalue weighted by molar-refractivity contribution is 5.04. The van der Waals surface area contributed by atoms with E-state index >= 15 is 0 Å². The molecule has 62 valence electrons. The average Bonchev–Trinajstić information content (AvgIpc) is 2.39. The Hall–Kier alpha value is -0.760. The lowest BCUT2D eigenvalue weighted by atomic mass is 10.2. The Morgan fingerprint density at radius 2 is 2.36 bits per heavy atom. The van der Waals surface area contributed by atoms with Crippen LogP contribution in [0.25, 0.3) is 0 Å². The van der Waals surface area contributed by atoms with Gasteiger partial charge < -0.3 is 9.73 Å². The van der Waals surface area contributed by atoms with Gasteiger partial charge in [0.1, 0.15) is 0 Å². The summed E-state index contributed by atoms with van der Waals surface area (Å²) in [4.78, 5) is 0. The van der Waals surface area contributed by atoms with Crippen molar-refractivity contribution in [1.82, 2.24) is 5.32 Å². The summed E-state index contributed by atoms with van der Waals surface area (Å²) in [6, 6.07) is 1.98. The molecule has 0 aliphatic rings. The summed E-state index contributed by atoms with van der Waals surface area (Å²) >= 11 is 0. The van der Waals surface area contributed by atoms with Gasteiger partial charge >= 0.3 is 0 Å². The van der Waals surface area contributed by atoms with Crippen molar-refractivity contribution in [2.75, 3.05) is 6.54 Å². The Morgan fingerprint density at radius 1 is 1.55 bits per heavy atom. The van der Waals surface area contributed by atoms with Crippen LogP contribution >= 0.6 is 0 Å². The number of hydrogen-bond donors (Lipinski definition) is 1. The molecule has 1 aromatic rings. The molecule has 0 unspecified atom stereocenters. The van der Waals surface area contributed by atoms with Crippen molar-refractivity contribution in [3.05, 3.63) is 24.2 Å². The Labute approximate surface area is 67.6 Å². The predicted octanol–water partition coefficient (Wildman–Crippen LogP) is 2.03. The summed E-state index contributed by atoms with van der Waals surface area (Å²) in [7, 11) is 0. The summed E-state index contributed by atoms with van der Waals surface area (Å²) in [6.45, 7) is 6.37. The molecular formula is C9H15NO. The van der Waals surface area contributed by atoms with Crippen LogP contribution in [0.15, 0.2) is 23.0 Å². The fourth-order valence-electron chi connectivity index (χ4n) is 0.898. The second-order valence-electron chi connectivity index (χ2n) is 3.16. The van der Waals surface area contributed by atoms with Gasteiger partial charge in [-0.15, -0.1) is 0 Å². The molecule has 0 aromatic carbocycles. The Kier molecular flexibility index (Phi) is 3.17. The van der Waals surface area contributed by atoms with Crippen LogP contribution in [0.4, 0.5) is 0 Å². The zero-order valence-electron chi connectivity index (χ0n) is 7.13. The molecule has 1 N–H and O–H groups in total. The van der Waals surface area contributed by atoms with Crippen LogP contribution in [0.2, 0.25) is 0 Å². The van der Waals surface area contributed by atoms with Gasteiger partial charge in [0.15, 0.2) is 0 Å². The number of nitrogens with one attached hydrogen (secondary N) is 1. The maximum atomic E-state index is 4.93. The standard InChI is InChI=1S/C9H15NO/c1-8(2)5-10-6-9-3-4-11-7-9/h3-4,7-8,10H,5-6H2,1-2H3. The first-order valence-electron chi connectivity index (χ1n) is 4.01. The van der Waals surface area contributed by atoms with E-state index in [0.717, 1.165) is 13.1 Å². The molecule has 0 aliphatic heterocycles. The van der Waals surface area contributed by atoms with Crippen LogP contribution in [0.3, 0.4) is 0 Å². The van der Waals surface area contributed by atoms with Crippen molar-refractivity contribution < 1.29 is 4.42 Å². The van der Waals surface area contributed by atoms with Crippen LogP contribution in [0, 0.1) is 5.92 Å². The molecule has 0 atom stereocenters. The molecule has 0 aliphatic carbocycles. The number of rotatable bonds is 4. The summed E-state index contributed by atoms with van der Waals surface area (Å²) in [5.74, 6) is 0.710. The van der Waals surface area contributed by atoms with E-state index in [0.29, 0.717) is 5.92 Å². The summed E-state index contributed by atoms with van der Waals surface area (Å²) < 4.78 is 4.93. The predicted molar refractivity (Wildman–Crippen MR) is 45.3 cm³/mol. The van der Waals surface area contributed by atoms with E-state index in [1.165, 1.54) is 5.56 Å². The lowest BCUT2D eigenvalue weighted by Crippen LogP contribution is -2.18. The molecule has 0 radical (unpaired) electrons. The lowest BCUT2D eigenvalue weighted by Gasteiger charge is -2.04. The van der Waals surface area contributed by atoms with E-state index in [1.54, 1.807) is 12.5 Å². The van der Waals surface area contributed by atoms with Crippen LogP contribution in [-0.4, -0.2) is 6.54 Å². The zero-order chi connectivity index (χ0) is 8.10. The molecule has 0 saturated heterocycles. The van der Waals surface area contributed by atoms with Gasteiger partial charge in [0.05, 0.1) is 12.5 Å². The molecule has 0 spiro atoms. The average molecular weight is 153 g/mol. The van der Waals surface area contributed by atoms with Gasteiger partial charge in [-0.05, 0) is 18.5 Å². The highest BCUT2D eigenvalue weighted by Gasteiger charge is 1.94. The smallest absolute Gasteiger partial charge is 0.0947 e. The molecule has 11 heavy (non-hydrogen) atoms. The number of furan rings is 1. The van der Waals surface area contributed by atoms with Crippen molar-refractivity contribution in [3.8, 4) is 0 Å². The minimum absolute atomic E-state index is 0.710. The topological polar surface area (TPSA) is 25.2 Å². The maximum absolute atomic E-state index is 4.93. The molecule has 1 aromatic heterocycles. The van der Waals surface area contributed by atoms with Gasteiger partial charge in [-0.25, -0.2) is 0 Å². The van der Waals surface area contributed by atoms with E-state index < -0.39 is 0 Å². The van der Waals surface area contributed by atoms with Gasteiger partial charge in [0.2, 0.25) is 0 Å². The Morgan fingerprint density at radius 3 is 2.91 bits per heavy atom. The fourth-order valence-corrected chi connectivity index (χ4v) is 0.898. The third-order valence-electron chi connectivity index (χ3n) is 1.46. The molecule has 1 heterocycles. The SMILES string of the molecule is CC(C)CNCc1ccoc1. The van der Waals surface area contributed by atoms with Crippen molar-refractivity contribution in [3.63, 3.8) is 0 Å². The van der Waals surface area contributed by atoms with E-state index in [2.05, 4.69) is 19.2 Å². The second kappa shape index (κ2) is 4.19. The first-order valence-corrected chi connectivity index (χ1v) is 4.01. The van der Waals surface area contributed by atoms with Crippen LogP contribution in [0.1, 0.15) is 19.4 Å². The first-order chi connectivity index (χ1) is 5.29. The minimum atomic E-state index is 0.710. The third-order valence-corrected chi connectivity index (χ3v) is 1.46. The van der Waals surface area contributed by atoms with E-state index in [-0.39, 0.29) is 0 Å². The summed E-state index contributed by atoms with van der Waals surface area (Å²) in [6.07, 6.45) is 3.47. The van der Waals surface area contributed by atoms with Gasteiger partial charge in [0, 0.05) is 12.1 Å². The Bertz CT molecular complexity index is 179. The molecular weight excluding hydrogens is 138 g/mol. The normalized spacial score (nSPS) is 10.8. The minimum Gasteiger partial charge on any atom is -0.472 e. The van der Waals surface area contributed by atoms with Crippen molar-refractivity contribution in [2.24, 2.45) is 5.92 Å². The summed E-state index contributed by atoms with van der Waals surface area (Å²) in [5, 5.41) is 3.33. The Balaban J connectivity index is 2.14. The monoisotopic (exact) mass is 153 g/mol. The fraction of sp³-hybridized carbons (Fsp3) is 0.556. The zero-order valence-corrected chi connectivity index (χ0v) is 7.13.